The van der Waals surface area contributed by atoms with Crippen LogP contribution in [0.3, 0.4) is 0 Å². The highest BCUT2D eigenvalue weighted by atomic mass is 32.2. The average Bonchev–Trinajstić information content (AvgIpc) is 2.69. The van der Waals surface area contributed by atoms with E-state index in [-0.39, 0.29) is 28.1 Å². The molecule has 2 aromatic heterocycles. The van der Waals surface area contributed by atoms with Gasteiger partial charge in [0, 0.05) is 17.4 Å². The number of benzene rings is 1. The lowest BCUT2D eigenvalue weighted by Crippen LogP contribution is -2.45. The van der Waals surface area contributed by atoms with Gasteiger partial charge in [-0.3, -0.25) is 5.41 Å². The summed E-state index contributed by atoms with van der Waals surface area (Å²) in [7, 11) is -4.04. The molecule has 0 saturated heterocycles. The number of hydrogen-bond acceptors (Lipinski definition) is 7. The monoisotopic (exact) mass is 470 g/mol. The third-order valence-corrected chi connectivity index (χ3v) is 7.30. The minimum Gasteiger partial charge on any atom is -0.386 e. The number of nitrogens with two attached hydrogens (primary N) is 1. The summed E-state index contributed by atoms with van der Waals surface area (Å²) in [5, 5.41) is 10.3. The van der Waals surface area contributed by atoms with Crippen molar-refractivity contribution >= 4 is 38.2 Å². The van der Waals surface area contributed by atoms with E-state index in [1.165, 1.54) is 38.2 Å². The van der Waals surface area contributed by atoms with Crippen LogP contribution in [0.25, 0.3) is 11.0 Å². The number of sulfone groups is 1. The van der Waals surface area contributed by atoms with Crippen LogP contribution in [0, 0.1) is 11.2 Å². The number of nitrogens with one attached hydrogen (secondary N) is 2. The number of amidine groups is 1. The lowest BCUT2D eigenvalue weighted by Gasteiger charge is -2.23. The number of pyridine rings is 1. The summed E-state index contributed by atoms with van der Waals surface area (Å²) in [4.78, 5) is 11.3. The Morgan fingerprint density at radius 2 is 1.88 bits per heavy atom. The molecule has 0 fully saturated rings. The highest BCUT2D eigenvalue weighted by molar-refractivity contribution is 7.92. The highest BCUT2D eigenvalue weighted by Gasteiger charge is 2.38. The van der Waals surface area contributed by atoms with E-state index in [4.69, 9.17) is 11.1 Å². The first-order valence-corrected chi connectivity index (χ1v) is 10.7. The van der Waals surface area contributed by atoms with Crippen molar-refractivity contribution < 1.29 is 26.0 Å². The van der Waals surface area contributed by atoms with Gasteiger partial charge in [0.1, 0.15) is 21.9 Å². The molecule has 0 aliphatic carbocycles. The summed E-state index contributed by atoms with van der Waals surface area (Å²) in [5.74, 6) is -2.05. The molecule has 0 atom stereocenters. The maximum Gasteiger partial charge on any atom is 0.434 e. The maximum absolute atomic E-state index is 14.3. The van der Waals surface area contributed by atoms with Crippen LogP contribution in [-0.2, 0) is 21.8 Å². The molecule has 0 unspecified atom stereocenters. The Morgan fingerprint density at radius 1 is 1.19 bits per heavy atom. The fourth-order valence-corrected chi connectivity index (χ4v) is 3.95. The second-order valence-electron chi connectivity index (χ2n) is 7.39. The molecule has 13 heteroatoms. The van der Waals surface area contributed by atoms with Crippen LogP contribution in [-0.4, -0.2) is 34.0 Å². The predicted octanol–water partition coefficient (Wildman–Crippen LogP) is 3.56. The Kier molecular flexibility index (Phi) is 5.80. The Hall–Kier alpha value is -3.35. The van der Waals surface area contributed by atoms with Crippen molar-refractivity contribution in [1.82, 2.24) is 15.0 Å². The summed E-state index contributed by atoms with van der Waals surface area (Å²) in [6.45, 7) is 2.50. The van der Waals surface area contributed by atoms with E-state index in [2.05, 4.69) is 20.3 Å². The standard InChI is InChI=1S/C19H18F4N6O2S/c1-18(2,17(24)25)32(30,31)9-10-7-11(3-4-12(10)20)28-16-15-13(5-6-26-16)29-14(8-27-15)19(21,22)23/h3-8H,9H2,1-2H3,(H3,24,25)(H,26,28). The molecule has 0 amide bonds. The Morgan fingerprint density at radius 3 is 2.50 bits per heavy atom. The van der Waals surface area contributed by atoms with Crippen LogP contribution in [0.2, 0.25) is 0 Å². The number of rotatable bonds is 6. The first-order valence-electron chi connectivity index (χ1n) is 9.03. The molecule has 1 aromatic carbocycles. The number of hydrogen-bond donors (Lipinski definition) is 3. The summed E-state index contributed by atoms with van der Waals surface area (Å²) in [6.07, 6.45) is -2.87. The lowest BCUT2D eigenvalue weighted by molar-refractivity contribution is -0.141. The molecule has 2 heterocycles. The molecule has 0 bridgehead atoms. The van der Waals surface area contributed by atoms with Gasteiger partial charge in [-0.15, -0.1) is 0 Å². The molecule has 0 aliphatic heterocycles. The van der Waals surface area contributed by atoms with Gasteiger partial charge in [-0.05, 0) is 38.1 Å². The van der Waals surface area contributed by atoms with E-state index in [0.717, 1.165) is 6.07 Å². The van der Waals surface area contributed by atoms with Crippen LogP contribution in [0.5, 0.6) is 0 Å². The van der Waals surface area contributed by atoms with Crippen molar-refractivity contribution in [2.75, 3.05) is 5.32 Å². The molecule has 170 valence electrons. The van der Waals surface area contributed by atoms with Gasteiger partial charge >= 0.3 is 6.18 Å². The Labute approximate surface area is 180 Å². The summed E-state index contributed by atoms with van der Waals surface area (Å²) in [6, 6.07) is 4.82. The number of anilines is 2. The molecule has 3 rings (SSSR count). The fraction of sp³-hybridized carbons (Fsp3) is 0.263. The lowest BCUT2D eigenvalue weighted by atomic mass is 10.2. The molecule has 8 nitrogen and oxygen atoms in total. The number of alkyl halides is 3. The molecule has 32 heavy (non-hydrogen) atoms. The van der Waals surface area contributed by atoms with Gasteiger partial charge in [-0.2, -0.15) is 13.2 Å². The van der Waals surface area contributed by atoms with Gasteiger partial charge in [0.05, 0.1) is 17.5 Å². The van der Waals surface area contributed by atoms with E-state index < -0.39 is 43.9 Å². The van der Waals surface area contributed by atoms with Crippen LogP contribution >= 0.6 is 0 Å². The number of nitrogens with zero attached hydrogens (tertiary/aromatic N) is 3. The van der Waals surface area contributed by atoms with Crippen molar-refractivity contribution in [3.05, 3.63) is 53.7 Å². The van der Waals surface area contributed by atoms with Gasteiger partial charge in [-0.25, -0.2) is 27.8 Å². The van der Waals surface area contributed by atoms with Gasteiger partial charge < -0.3 is 11.1 Å². The number of fused-ring (bicyclic) bond motifs is 1. The summed E-state index contributed by atoms with van der Waals surface area (Å²) >= 11 is 0. The number of aromatic nitrogens is 3. The van der Waals surface area contributed by atoms with E-state index in [9.17, 15) is 26.0 Å². The van der Waals surface area contributed by atoms with Crippen molar-refractivity contribution in [1.29, 1.82) is 5.41 Å². The molecule has 3 aromatic rings. The van der Waals surface area contributed by atoms with E-state index in [0.29, 0.717) is 6.20 Å². The molecule has 4 N–H and O–H groups in total. The fourth-order valence-electron chi connectivity index (χ4n) is 2.63. The second-order valence-corrected chi connectivity index (χ2v) is 9.93. The van der Waals surface area contributed by atoms with Gasteiger partial charge in [0.2, 0.25) is 0 Å². The van der Waals surface area contributed by atoms with Crippen molar-refractivity contribution in [3.63, 3.8) is 0 Å². The highest BCUT2D eigenvalue weighted by Crippen LogP contribution is 2.30. The zero-order valence-electron chi connectivity index (χ0n) is 16.8. The first kappa shape index (κ1) is 23.3. The number of halogens is 4. The minimum absolute atomic E-state index is 0.0386. The van der Waals surface area contributed by atoms with Crippen molar-refractivity contribution in [2.45, 2.75) is 30.5 Å². The minimum atomic E-state index is -4.66. The Bertz CT molecular complexity index is 1310. The summed E-state index contributed by atoms with van der Waals surface area (Å²) < 4.78 is 76.5. The van der Waals surface area contributed by atoms with Gasteiger partial charge in [-0.1, -0.05) is 0 Å². The SMILES string of the molecule is CC(C)(C(=N)N)S(=O)(=O)Cc1cc(Nc2nccc3nc(C(F)(F)F)cnc23)ccc1F. The van der Waals surface area contributed by atoms with E-state index in [1.54, 1.807) is 0 Å². The van der Waals surface area contributed by atoms with Crippen molar-refractivity contribution in [3.8, 4) is 0 Å². The van der Waals surface area contributed by atoms with Crippen LogP contribution in [0.4, 0.5) is 29.1 Å². The molecule has 0 spiro atoms. The van der Waals surface area contributed by atoms with Gasteiger partial charge in [0.15, 0.2) is 21.3 Å². The largest absolute Gasteiger partial charge is 0.434 e. The normalized spacial score (nSPS) is 12.7. The molecule has 0 aliphatic rings. The molecular weight excluding hydrogens is 452 g/mol. The van der Waals surface area contributed by atoms with Crippen LogP contribution < -0.4 is 11.1 Å². The molecule has 0 saturated carbocycles. The van der Waals surface area contributed by atoms with E-state index in [1.807, 2.05) is 0 Å². The topological polar surface area (TPSA) is 135 Å². The molecule has 0 radical (unpaired) electrons. The third kappa shape index (κ3) is 4.47. The van der Waals surface area contributed by atoms with Crippen LogP contribution in [0.1, 0.15) is 25.1 Å². The van der Waals surface area contributed by atoms with Crippen molar-refractivity contribution in [2.24, 2.45) is 5.73 Å². The zero-order valence-corrected chi connectivity index (χ0v) is 17.6. The molecular formula is C19H18F4N6O2S. The second kappa shape index (κ2) is 7.97. The van der Waals surface area contributed by atoms with Crippen LogP contribution in [0.15, 0.2) is 36.7 Å². The van der Waals surface area contributed by atoms with E-state index >= 15 is 0 Å². The Balaban J connectivity index is 1.96. The maximum atomic E-state index is 14.3. The first-order chi connectivity index (χ1) is 14.7. The van der Waals surface area contributed by atoms with Gasteiger partial charge in [0.25, 0.3) is 0 Å². The quantitative estimate of drug-likeness (QED) is 0.285. The average molecular weight is 470 g/mol. The zero-order chi connectivity index (χ0) is 23.9. The smallest absolute Gasteiger partial charge is 0.386 e. The summed E-state index contributed by atoms with van der Waals surface area (Å²) in [5.41, 5.74) is 4.22. The third-order valence-electron chi connectivity index (χ3n) is 4.83. The predicted molar refractivity (Wildman–Crippen MR) is 111 cm³/mol.